The van der Waals surface area contributed by atoms with Crippen LogP contribution in [0.5, 0.6) is 0 Å². The molecule has 0 atom stereocenters. The van der Waals surface area contributed by atoms with Gasteiger partial charge in [0.2, 0.25) is 0 Å². The molecule has 0 radical (unpaired) electrons. The number of benzene rings is 1. The molecule has 21 heavy (non-hydrogen) atoms. The molecule has 0 bridgehead atoms. The molecule has 1 aromatic heterocycles. The number of thiophene rings is 1. The van der Waals surface area contributed by atoms with Gasteiger partial charge < -0.3 is 5.32 Å². The zero-order chi connectivity index (χ0) is 15.6. The quantitative estimate of drug-likeness (QED) is 0.647. The summed E-state index contributed by atoms with van der Waals surface area (Å²) in [7, 11) is 0. The molecule has 1 N–H and O–H groups in total. The van der Waals surface area contributed by atoms with E-state index >= 15 is 0 Å². The maximum absolute atomic E-state index is 10.8. The molecule has 0 aliphatic rings. The fourth-order valence-electron chi connectivity index (χ4n) is 2.04. The first-order valence-electron chi connectivity index (χ1n) is 6.85. The van der Waals surface area contributed by atoms with Crippen molar-refractivity contribution in [1.82, 2.24) is 0 Å². The predicted molar refractivity (Wildman–Crippen MR) is 88.2 cm³/mol. The van der Waals surface area contributed by atoms with Crippen LogP contribution in [0.2, 0.25) is 0 Å². The van der Waals surface area contributed by atoms with Crippen molar-refractivity contribution >= 4 is 22.7 Å². The molecule has 0 aliphatic heterocycles. The number of anilines is 1. The Labute approximate surface area is 129 Å². The van der Waals surface area contributed by atoms with Crippen molar-refractivity contribution in [1.29, 1.82) is 0 Å². The molecule has 0 saturated carbocycles. The third kappa shape index (κ3) is 3.82. The highest BCUT2D eigenvalue weighted by Crippen LogP contribution is 2.30. The van der Waals surface area contributed by atoms with Crippen LogP contribution in [0.1, 0.15) is 36.1 Å². The second-order valence-electron chi connectivity index (χ2n) is 6.13. The molecule has 0 unspecified atom stereocenters. The van der Waals surface area contributed by atoms with Crippen LogP contribution >= 0.6 is 11.3 Å². The lowest BCUT2D eigenvalue weighted by Gasteiger charge is -2.15. The van der Waals surface area contributed by atoms with Crippen LogP contribution in [0, 0.1) is 17.0 Å². The van der Waals surface area contributed by atoms with Crippen molar-refractivity contribution in [3.05, 3.63) is 55.8 Å². The largest absolute Gasteiger partial charge is 0.380 e. The molecule has 4 nitrogen and oxygen atoms in total. The van der Waals surface area contributed by atoms with Crippen LogP contribution in [0.3, 0.4) is 0 Å². The number of rotatable bonds is 4. The second-order valence-corrected chi connectivity index (χ2v) is 7.30. The number of nitro groups is 1. The summed E-state index contributed by atoms with van der Waals surface area (Å²) in [6, 6.07) is 9.42. The molecule has 1 heterocycles. The SMILES string of the molecule is Cc1cc(NCc2ccc(C(C)(C)C)s2)ccc1[N+](=O)[O-]. The average molecular weight is 304 g/mol. The van der Waals surface area contributed by atoms with Crippen LogP contribution < -0.4 is 5.32 Å². The Balaban J connectivity index is 2.05. The monoisotopic (exact) mass is 304 g/mol. The Kier molecular flexibility index (Phi) is 4.32. The molecule has 1 aromatic carbocycles. The summed E-state index contributed by atoms with van der Waals surface area (Å²) in [5.74, 6) is 0. The lowest BCUT2D eigenvalue weighted by atomic mass is 9.95. The predicted octanol–water partition coefficient (Wildman–Crippen LogP) is 4.87. The van der Waals surface area contributed by atoms with Gasteiger partial charge in [-0.1, -0.05) is 20.8 Å². The van der Waals surface area contributed by atoms with E-state index in [0.717, 1.165) is 12.2 Å². The number of nitrogens with one attached hydrogen (secondary N) is 1. The first-order chi connectivity index (χ1) is 9.77. The molecule has 0 fully saturated rings. The zero-order valence-corrected chi connectivity index (χ0v) is 13.6. The van der Waals surface area contributed by atoms with Gasteiger partial charge in [0.15, 0.2) is 0 Å². The fraction of sp³-hybridized carbons (Fsp3) is 0.375. The standard InChI is InChI=1S/C16H20N2O2S/c1-11-9-12(5-7-14(11)18(19)20)17-10-13-6-8-15(21-13)16(2,3)4/h5-9,17H,10H2,1-4H3. The Bertz CT molecular complexity index is 657. The number of aryl methyl sites for hydroxylation is 1. The molecular weight excluding hydrogens is 284 g/mol. The fourth-order valence-corrected chi connectivity index (χ4v) is 3.04. The van der Waals surface area contributed by atoms with Crippen LogP contribution in [0.4, 0.5) is 11.4 Å². The Morgan fingerprint density at radius 3 is 2.48 bits per heavy atom. The first kappa shape index (κ1) is 15.5. The Hall–Kier alpha value is -1.88. The highest BCUT2D eigenvalue weighted by Gasteiger charge is 2.16. The van der Waals surface area contributed by atoms with E-state index in [-0.39, 0.29) is 16.0 Å². The third-order valence-electron chi connectivity index (χ3n) is 3.26. The van der Waals surface area contributed by atoms with Crippen molar-refractivity contribution in [2.75, 3.05) is 5.32 Å². The Morgan fingerprint density at radius 1 is 1.24 bits per heavy atom. The molecule has 0 aliphatic carbocycles. The highest BCUT2D eigenvalue weighted by atomic mass is 32.1. The van der Waals surface area contributed by atoms with Gasteiger partial charge in [-0.25, -0.2) is 0 Å². The molecular formula is C16H20N2O2S. The highest BCUT2D eigenvalue weighted by molar-refractivity contribution is 7.12. The molecule has 2 rings (SSSR count). The summed E-state index contributed by atoms with van der Waals surface area (Å²) >= 11 is 1.80. The van der Waals surface area contributed by atoms with Crippen molar-refractivity contribution < 1.29 is 4.92 Å². The van der Waals surface area contributed by atoms with Gasteiger partial charge in [-0.2, -0.15) is 0 Å². The average Bonchev–Trinajstić information content (AvgIpc) is 2.84. The number of nitro benzene ring substituents is 1. The minimum Gasteiger partial charge on any atom is -0.380 e. The third-order valence-corrected chi connectivity index (χ3v) is 4.77. The first-order valence-corrected chi connectivity index (χ1v) is 7.67. The molecule has 0 amide bonds. The van der Waals surface area contributed by atoms with Crippen molar-refractivity contribution in [2.24, 2.45) is 0 Å². The molecule has 0 spiro atoms. The summed E-state index contributed by atoms with van der Waals surface area (Å²) in [6.07, 6.45) is 0. The summed E-state index contributed by atoms with van der Waals surface area (Å²) in [5, 5.41) is 14.1. The maximum Gasteiger partial charge on any atom is 0.272 e. The molecule has 2 aromatic rings. The van der Waals surface area contributed by atoms with E-state index in [4.69, 9.17) is 0 Å². The smallest absolute Gasteiger partial charge is 0.272 e. The lowest BCUT2D eigenvalue weighted by molar-refractivity contribution is -0.385. The van der Waals surface area contributed by atoms with Gasteiger partial charge in [-0.15, -0.1) is 11.3 Å². The lowest BCUT2D eigenvalue weighted by Crippen LogP contribution is -2.07. The van der Waals surface area contributed by atoms with Gasteiger partial charge in [-0.3, -0.25) is 10.1 Å². The number of nitrogens with zero attached hydrogens (tertiary/aromatic N) is 1. The minimum atomic E-state index is -0.353. The molecule has 112 valence electrons. The van der Waals surface area contributed by atoms with Gasteiger partial charge in [0.1, 0.15) is 0 Å². The van der Waals surface area contributed by atoms with E-state index in [0.29, 0.717) is 5.56 Å². The summed E-state index contributed by atoms with van der Waals surface area (Å²) in [6.45, 7) is 9.10. The van der Waals surface area contributed by atoms with E-state index < -0.39 is 0 Å². The molecule has 5 heteroatoms. The summed E-state index contributed by atoms with van der Waals surface area (Å²) in [5.41, 5.74) is 1.91. The number of hydrogen-bond donors (Lipinski definition) is 1. The topological polar surface area (TPSA) is 55.2 Å². The summed E-state index contributed by atoms with van der Waals surface area (Å²) < 4.78 is 0. The van der Waals surface area contributed by atoms with Crippen LogP contribution in [0.25, 0.3) is 0 Å². The van der Waals surface area contributed by atoms with Gasteiger partial charge in [0.25, 0.3) is 5.69 Å². The minimum absolute atomic E-state index is 0.159. The zero-order valence-electron chi connectivity index (χ0n) is 12.8. The van der Waals surface area contributed by atoms with E-state index in [2.05, 4.69) is 38.2 Å². The van der Waals surface area contributed by atoms with E-state index in [1.165, 1.54) is 9.75 Å². The second kappa shape index (κ2) is 5.85. The van der Waals surface area contributed by atoms with Gasteiger partial charge >= 0.3 is 0 Å². The number of hydrogen-bond acceptors (Lipinski definition) is 4. The van der Waals surface area contributed by atoms with E-state index in [1.54, 1.807) is 30.4 Å². The van der Waals surface area contributed by atoms with E-state index in [9.17, 15) is 10.1 Å². The van der Waals surface area contributed by atoms with Crippen molar-refractivity contribution in [2.45, 2.75) is 39.7 Å². The molecule has 0 saturated heterocycles. The van der Waals surface area contributed by atoms with Gasteiger partial charge in [0.05, 0.1) is 4.92 Å². The van der Waals surface area contributed by atoms with E-state index in [1.807, 2.05) is 6.07 Å². The maximum atomic E-state index is 10.8. The van der Waals surface area contributed by atoms with Gasteiger partial charge in [0, 0.05) is 33.6 Å². The van der Waals surface area contributed by atoms with Gasteiger partial charge in [-0.05, 0) is 36.6 Å². The van der Waals surface area contributed by atoms with Crippen LogP contribution in [-0.2, 0) is 12.0 Å². The Morgan fingerprint density at radius 2 is 1.95 bits per heavy atom. The van der Waals surface area contributed by atoms with Crippen LogP contribution in [0.15, 0.2) is 30.3 Å². The van der Waals surface area contributed by atoms with Crippen molar-refractivity contribution in [3.8, 4) is 0 Å². The summed E-state index contributed by atoms with van der Waals surface area (Å²) in [4.78, 5) is 13.1. The van der Waals surface area contributed by atoms with Crippen molar-refractivity contribution in [3.63, 3.8) is 0 Å². The normalized spacial score (nSPS) is 11.4. The van der Waals surface area contributed by atoms with Crippen LogP contribution in [-0.4, -0.2) is 4.92 Å².